The Balaban J connectivity index is 1.16. The summed E-state index contributed by atoms with van der Waals surface area (Å²) in [6, 6.07) is 17.5. The third kappa shape index (κ3) is 4.36. The first-order valence-electron chi connectivity index (χ1n) is 16.8. The monoisotopic (exact) mass is 589 g/mol. The lowest BCUT2D eigenvalue weighted by Crippen LogP contribution is -2.48. The summed E-state index contributed by atoms with van der Waals surface area (Å²) in [6.45, 7) is 5.86. The van der Waals surface area contributed by atoms with E-state index in [1.165, 1.54) is 44.7 Å². The molecule has 6 aliphatic rings. The molecule has 4 aliphatic carbocycles. The predicted molar refractivity (Wildman–Crippen MR) is 186 cm³/mol. The number of hydrogen-bond acceptors (Lipinski definition) is 2. The first-order valence-corrected chi connectivity index (χ1v) is 16.8. The first kappa shape index (κ1) is 28.2. The van der Waals surface area contributed by atoms with Crippen LogP contribution in [-0.4, -0.2) is 18.5 Å². The van der Waals surface area contributed by atoms with Gasteiger partial charge < -0.3 is 9.64 Å². The molecule has 0 spiro atoms. The van der Waals surface area contributed by atoms with Gasteiger partial charge in [-0.1, -0.05) is 129 Å². The van der Waals surface area contributed by atoms with Gasteiger partial charge in [0.2, 0.25) is 0 Å². The van der Waals surface area contributed by atoms with E-state index in [1.54, 1.807) is 0 Å². The first-order chi connectivity index (χ1) is 22.0. The summed E-state index contributed by atoms with van der Waals surface area (Å²) in [4.78, 5) is 2.42. The second-order valence-electron chi connectivity index (χ2n) is 13.8. The van der Waals surface area contributed by atoms with Gasteiger partial charge in [0.25, 0.3) is 0 Å². The molecule has 0 saturated heterocycles. The van der Waals surface area contributed by atoms with Crippen molar-refractivity contribution in [1.29, 1.82) is 0 Å². The van der Waals surface area contributed by atoms with Crippen LogP contribution in [0.4, 0.5) is 0 Å². The van der Waals surface area contributed by atoms with Crippen molar-refractivity contribution < 1.29 is 4.74 Å². The van der Waals surface area contributed by atoms with Gasteiger partial charge in [-0.25, -0.2) is 0 Å². The SMILES string of the molecule is CC1C=C(C2=C3C(=CCC2)C=CCN3C)C=CC1C1=CCC(C)(C2(C3=CC=CCC3)c3ccccc3Oc3ccccc32)C=C1. The number of rotatable bonds is 4. The third-order valence-electron chi connectivity index (χ3n) is 11.2. The fourth-order valence-electron chi connectivity index (χ4n) is 9.02. The molecular formula is C43H43NO. The molecule has 3 atom stereocenters. The Hall–Kier alpha value is -4.30. The molecule has 2 heterocycles. The van der Waals surface area contributed by atoms with Crippen LogP contribution in [0.1, 0.15) is 57.1 Å². The zero-order valence-electron chi connectivity index (χ0n) is 26.8. The Kier molecular flexibility index (Phi) is 6.86. The van der Waals surface area contributed by atoms with Crippen LogP contribution in [0.15, 0.2) is 155 Å². The molecular weight excluding hydrogens is 546 g/mol. The Morgan fingerprint density at radius 2 is 1.62 bits per heavy atom. The van der Waals surface area contributed by atoms with Crippen molar-refractivity contribution in [3.8, 4) is 11.5 Å². The molecule has 0 radical (unpaired) electrons. The van der Waals surface area contributed by atoms with Crippen molar-refractivity contribution in [3.63, 3.8) is 0 Å². The largest absolute Gasteiger partial charge is 0.457 e. The van der Waals surface area contributed by atoms with E-state index in [0.717, 1.165) is 50.1 Å². The molecule has 0 amide bonds. The van der Waals surface area contributed by atoms with Gasteiger partial charge in [-0.15, -0.1) is 0 Å². The van der Waals surface area contributed by atoms with Gasteiger partial charge in [0.1, 0.15) is 11.5 Å². The minimum Gasteiger partial charge on any atom is -0.457 e. The molecule has 2 aromatic carbocycles. The molecule has 226 valence electrons. The highest BCUT2D eigenvalue weighted by Crippen LogP contribution is 2.63. The summed E-state index contributed by atoms with van der Waals surface area (Å²) in [6.07, 6.45) is 34.3. The van der Waals surface area contributed by atoms with Crippen molar-refractivity contribution >= 4 is 0 Å². The second-order valence-corrected chi connectivity index (χ2v) is 13.8. The molecule has 2 aliphatic heterocycles. The van der Waals surface area contributed by atoms with Crippen LogP contribution in [-0.2, 0) is 5.41 Å². The normalized spacial score (nSPS) is 27.8. The number of benzene rings is 2. The van der Waals surface area contributed by atoms with Gasteiger partial charge in [-0.3, -0.25) is 0 Å². The summed E-state index contributed by atoms with van der Waals surface area (Å²) in [5.74, 6) is 2.77. The minimum absolute atomic E-state index is 0.164. The highest BCUT2D eigenvalue weighted by atomic mass is 16.5. The van der Waals surface area contributed by atoms with E-state index in [4.69, 9.17) is 4.74 Å². The summed E-state index contributed by atoms with van der Waals surface area (Å²) in [5.41, 5.74) is 10.7. The van der Waals surface area contributed by atoms with E-state index in [2.05, 4.69) is 147 Å². The van der Waals surface area contributed by atoms with E-state index in [1.807, 2.05) is 0 Å². The smallest absolute Gasteiger partial charge is 0.131 e. The molecule has 3 unspecified atom stereocenters. The Morgan fingerprint density at radius 1 is 0.844 bits per heavy atom. The van der Waals surface area contributed by atoms with Crippen LogP contribution in [0.5, 0.6) is 11.5 Å². The Bertz CT molecular complexity index is 1790. The fraction of sp³-hybridized carbons (Fsp3) is 0.302. The van der Waals surface area contributed by atoms with E-state index >= 15 is 0 Å². The Morgan fingerprint density at radius 3 is 2.31 bits per heavy atom. The standard InChI is InChI=1S/C43H43NO/c1-30-29-33(36-17-11-13-32-14-12-28-44(3)41(32)36)22-23-35(30)31-24-26-42(2,27-25-31)43(34-15-5-4-6-16-34)37-18-7-9-20-39(37)45-40-21-10-8-19-38(40)43/h4-5,7-10,12-15,18-26,29-30,35H,6,11,16-17,27-28H2,1-3H3. The molecule has 0 fully saturated rings. The predicted octanol–water partition coefficient (Wildman–Crippen LogP) is 10.5. The third-order valence-corrected chi connectivity index (χ3v) is 11.2. The van der Waals surface area contributed by atoms with E-state index in [9.17, 15) is 0 Å². The molecule has 0 bridgehead atoms. The molecule has 2 aromatic rings. The van der Waals surface area contributed by atoms with Crippen LogP contribution in [0.2, 0.25) is 0 Å². The summed E-state index contributed by atoms with van der Waals surface area (Å²) in [5, 5.41) is 0. The van der Waals surface area contributed by atoms with Crippen LogP contribution in [0, 0.1) is 17.3 Å². The van der Waals surface area contributed by atoms with Crippen LogP contribution >= 0.6 is 0 Å². The topological polar surface area (TPSA) is 12.5 Å². The van der Waals surface area contributed by atoms with Crippen molar-refractivity contribution in [3.05, 3.63) is 166 Å². The lowest BCUT2D eigenvalue weighted by molar-refractivity contribution is 0.249. The quantitative estimate of drug-likeness (QED) is 0.352. The van der Waals surface area contributed by atoms with Gasteiger partial charge >= 0.3 is 0 Å². The van der Waals surface area contributed by atoms with Gasteiger partial charge in [0, 0.05) is 41.7 Å². The van der Waals surface area contributed by atoms with Gasteiger partial charge in [0.15, 0.2) is 0 Å². The maximum atomic E-state index is 6.58. The van der Waals surface area contributed by atoms with Gasteiger partial charge in [-0.2, -0.15) is 0 Å². The van der Waals surface area contributed by atoms with Crippen molar-refractivity contribution in [2.75, 3.05) is 13.6 Å². The zero-order valence-corrected chi connectivity index (χ0v) is 26.8. The van der Waals surface area contributed by atoms with Gasteiger partial charge in [0.05, 0.1) is 5.41 Å². The molecule has 2 nitrogen and oxygen atoms in total. The number of fused-ring (bicyclic) bond motifs is 3. The maximum absolute atomic E-state index is 6.58. The highest BCUT2D eigenvalue weighted by Gasteiger charge is 2.55. The molecule has 0 saturated carbocycles. The zero-order chi connectivity index (χ0) is 30.6. The summed E-state index contributed by atoms with van der Waals surface area (Å²) < 4.78 is 6.58. The summed E-state index contributed by atoms with van der Waals surface area (Å²) in [7, 11) is 2.23. The van der Waals surface area contributed by atoms with E-state index < -0.39 is 0 Å². The molecule has 0 N–H and O–H groups in total. The number of nitrogens with zero attached hydrogens (tertiary/aromatic N) is 1. The molecule has 0 aromatic heterocycles. The maximum Gasteiger partial charge on any atom is 0.131 e. The summed E-state index contributed by atoms with van der Waals surface area (Å²) >= 11 is 0. The fourth-order valence-corrected chi connectivity index (χ4v) is 9.02. The number of likely N-dealkylation sites (N-methyl/N-ethyl adjacent to an activating group) is 1. The van der Waals surface area contributed by atoms with Crippen molar-refractivity contribution in [1.82, 2.24) is 4.90 Å². The lowest BCUT2D eigenvalue weighted by Gasteiger charge is -2.53. The van der Waals surface area contributed by atoms with Crippen molar-refractivity contribution in [2.45, 2.75) is 51.4 Å². The van der Waals surface area contributed by atoms with Gasteiger partial charge in [-0.05, 0) is 72.4 Å². The number of para-hydroxylation sites is 2. The van der Waals surface area contributed by atoms with Crippen LogP contribution in [0.3, 0.4) is 0 Å². The molecule has 8 rings (SSSR count). The van der Waals surface area contributed by atoms with E-state index in [-0.39, 0.29) is 10.8 Å². The Labute approximate surface area is 268 Å². The minimum atomic E-state index is -0.316. The lowest BCUT2D eigenvalue weighted by atomic mass is 9.50. The average Bonchev–Trinajstić information content (AvgIpc) is 3.08. The highest BCUT2D eigenvalue weighted by molar-refractivity contribution is 5.66. The average molecular weight is 590 g/mol. The molecule has 45 heavy (non-hydrogen) atoms. The number of hydrogen-bond donors (Lipinski definition) is 0. The second kappa shape index (κ2) is 10.9. The number of allylic oxidation sites excluding steroid dienone is 15. The van der Waals surface area contributed by atoms with E-state index in [0.29, 0.717) is 11.8 Å². The van der Waals surface area contributed by atoms with Crippen LogP contribution in [0.25, 0.3) is 0 Å². The number of ether oxygens (including phenoxy) is 1. The van der Waals surface area contributed by atoms with Crippen LogP contribution < -0.4 is 4.74 Å². The van der Waals surface area contributed by atoms with Crippen molar-refractivity contribution in [2.24, 2.45) is 17.3 Å². The molecule has 2 heteroatoms.